The minimum Gasteiger partial charge on any atom is -0.271 e. The van der Waals surface area contributed by atoms with E-state index in [4.69, 9.17) is 17.4 Å². The molecule has 3 N–H and O–H groups in total. The summed E-state index contributed by atoms with van der Waals surface area (Å²) in [5.41, 5.74) is 7.05. The summed E-state index contributed by atoms with van der Waals surface area (Å²) in [6.07, 6.45) is 1.85. The van der Waals surface area contributed by atoms with Crippen LogP contribution >= 0.6 is 11.6 Å². The minimum absolute atomic E-state index is 0.138. The first-order valence-corrected chi connectivity index (χ1v) is 7.13. The molecule has 0 spiro atoms. The molecule has 21 heavy (non-hydrogen) atoms. The molecule has 3 rings (SSSR count). The lowest BCUT2D eigenvalue weighted by Gasteiger charge is -2.19. The van der Waals surface area contributed by atoms with Gasteiger partial charge < -0.3 is 0 Å². The smallest absolute Gasteiger partial charge is 0.0728 e. The Morgan fingerprint density at radius 1 is 1.14 bits per heavy atom. The number of nitrogens with one attached hydrogen (secondary N) is 1. The van der Waals surface area contributed by atoms with E-state index < -0.39 is 0 Å². The van der Waals surface area contributed by atoms with Crippen molar-refractivity contribution >= 4 is 22.5 Å². The molecule has 0 aliphatic carbocycles. The highest BCUT2D eigenvalue weighted by molar-refractivity contribution is 6.30. The van der Waals surface area contributed by atoms with E-state index in [-0.39, 0.29) is 6.04 Å². The maximum absolute atomic E-state index is 6.12. The lowest BCUT2D eigenvalue weighted by Crippen LogP contribution is -2.29. The molecular formula is C17H16ClN3. The Morgan fingerprint density at radius 2 is 1.95 bits per heavy atom. The van der Waals surface area contributed by atoms with Gasteiger partial charge in [-0.05, 0) is 47.9 Å². The van der Waals surface area contributed by atoms with Gasteiger partial charge in [0.15, 0.2) is 0 Å². The molecule has 4 heteroatoms. The van der Waals surface area contributed by atoms with Crippen molar-refractivity contribution in [3.8, 4) is 0 Å². The Morgan fingerprint density at radius 3 is 2.76 bits per heavy atom. The van der Waals surface area contributed by atoms with Crippen molar-refractivity contribution in [3.63, 3.8) is 0 Å². The van der Waals surface area contributed by atoms with Crippen LogP contribution in [0.25, 0.3) is 10.9 Å². The number of benzene rings is 2. The summed E-state index contributed by atoms with van der Waals surface area (Å²) in [5, 5.41) is 1.79. The fourth-order valence-corrected chi connectivity index (χ4v) is 2.71. The van der Waals surface area contributed by atoms with Crippen LogP contribution in [0.1, 0.15) is 22.7 Å². The number of hydrazine groups is 1. The molecule has 0 saturated heterocycles. The summed E-state index contributed by atoms with van der Waals surface area (Å²) in [5.74, 6) is 5.78. The van der Waals surface area contributed by atoms with Crippen molar-refractivity contribution in [2.75, 3.05) is 0 Å². The van der Waals surface area contributed by atoms with E-state index >= 15 is 0 Å². The number of nitrogens with zero attached hydrogens (tertiary/aromatic N) is 1. The molecular weight excluding hydrogens is 282 g/mol. The number of rotatable bonds is 3. The van der Waals surface area contributed by atoms with E-state index in [9.17, 15) is 0 Å². The van der Waals surface area contributed by atoms with Crippen LogP contribution in [0.2, 0.25) is 5.02 Å². The Hall–Kier alpha value is -1.94. The number of hydrogen-bond donors (Lipinski definition) is 2. The fraction of sp³-hybridized carbons (Fsp3) is 0.118. The second-order valence-corrected chi connectivity index (χ2v) is 5.50. The van der Waals surface area contributed by atoms with Crippen molar-refractivity contribution in [1.29, 1.82) is 0 Å². The number of aryl methyl sites for hydroxylation is 1. The van der Waals surface area contributed by atoms with Crippen LogP contribution in [-0.2, 0) is 0 Å². The lowest BCUT2D eigenvalue weighted by atomic mass is 9.96. The first-order valence-electron chi connectivity index (χ1n) is 6.76. The molecule has 1 aromatic heterocycles. The molecule has 3 aromatic rings. The molecule has 2 aromatic carbocycles. The third-order valence-electron chi connectivity index (χ3n) is 3.66. The quantitative estimate of drug-likeness (QED) is 0.572. The summed E-state index contributed by atoms with van der Waals surface area (Å²) in [6.45, 7) is 2.05. The zero-order valence-corrected chi connectivity index (χ0v) is 12.4. The van der Waals surface area contributed by atoms with Crippen molar-refractivity contribution in [2.45, 2.75) is 13.0 Å². The van der Waals surface area contributed by atoms with E-state index in [0.29, 0.717) is 5.02 Å². The first kappa shape index (κ1) is 14.0. The number of hydrogen-bond acceptors (Lipinski definition) is 3. The highest BCUT2D eigenvalue weighted by Gasteiger charge is 2.16. The van der Waals surface area contributed by atoms with E-state index in [1.54, 1.807) is 0 Å². The molecule has 3 nitrogen and oxygen atoms in total. The maximum atomic E-state index is 6.12. The number of aromatic nitrogens is 1. The van der Waals surface area contributed by atoms with Gasteiger partial charge in [-0.15, -0.1) is 0 Å². The standard InChI is InChI=1S/C17H16ClN3/c1-11-6-7-14(18)9-15(11)17(21-19)13-8-12-4-2-3-5-16(12)20-10-13/h2-10,17,21H,19H2,1H3. The lowest BCUT2D eigenvalue weighted by molar-refractivity contribution is 0.632. The molecule has 1 atom stereocenters. The molecule has 1 heterocycles. The monoisotopic (exact) mass is 297 g/mol. The molecule has 0 fully saturated rings. The number of para-hydroxylation sites is 1. The average molecular weight is 298 g/mol. The Bertz CT molecular complexity index is 786. The van der Waals surface area contributed by atoms with Crippen LogP contribution in [0, 0.1) is 6.92 Å². The second kappa shape index (κ2) is 5.82. The summed E-state index contributed by atoms with van der Waals surface area (Å²) >= 11 is 6.12. The zero-order chi connectivity index (χ0) is 14.8. The molecule has 106 valence electrons. The van der Waals surface area contributed by atoms with Gasteiger partial charge in [-0.1, -0.05) is 35.9 Å². The van der Waals surface area contributed by atoms with Gasteiger partial charge in [0.1, 0.15) is 0 Å². The van der Waals surface area contributed by atoms with Gasteiger partial charge in [-0.3, -0.25) is 10.8 Å². The van der Waals surface area contributed by atoms with Crippen molar-refractivity contribution in [2.24, 2.45) is 5.84 Å². The van der Waals surface area contributed by atoms with Crippen LogP contribution in [0.4, 0.5) is 0 Å². The predicted octanol–water partition coefficient (Wildman–Crippen LogP) is 3.75. The zero-order valence-electron chi connectivity index (χ0n) is 11.7. The SMILES string of the molecule is Cc1ccc(Cl)cc1C(NN)c1cnc2ccccc2c1. The molecule has 0 aliphatic rings. The van der Waals surface area contributed by atoms with Crippen LogP contribution in [-0.4, -0.2) is 4.98 Å². The summed E-state index contributed by atoms with van der Waals surface area (Å²) in [7, 11) is 0. The third kappa shape index (κ3) is 2.76. The van der Waals surface area contributed by atoms with Crippen LogP contribution in [0.15, 0.2) is 54.7 Å². The van der Waals surface area contributed by atoms with Crippen molar-refractivity contribution < 1.29 is 0 Å². The van der Waals surface area contributed by atoms with Gasteiger partial charge in [-0.2, -0.15) is 0 Å². The maximum Gasteiger partial charge on any atom is 0.0728 e. The molecule has 0 aliphatic heterocycles. The normalized spacial score (nSPS) is 12.5. The number of halogens is 1. The summed E-state index contributed by atoms with van der Waals surface area (Å²) in [4.78, 5) is 4.50. The van der Waals surface area contributed by atoms with Crippen molar-refractivity contribution in [3.05, 3.63) is 76.4 Å². The Kier molecular flexibility index (Phi) is 3.88. The van der Waals surface area contributed by atoms with Gasteiger partial charge in [-0.25, -0.2) is 5.43 Å². The van der Waals surface area contributed by atoms with Crippen molar-refractivity contribution in [1.82, 2.24) is 10.4 Å². The van der Waals surface area contributed by atoms with Gasteiger partial charge in [0.2, 0.25) is 0 Å². The fourth-order valence-electron chi connectivity index (χ4n) is 2.53. The summed E-state index contributed by atoms with van der Waals surface area (Å²) in [6, 6.07) is 15.8. The van der Waals surface area contributed by atoms with Gasteiger partial charge >= 0.3 is 0 Å². The van der Waals surface area contributed by atoms with E-state index in [1.165, 1.54) is 0 Å². The molecule has 0 bridgehead atoms. The van der Waals surface area contributed by atoms with Gasteiger partial charge in [0, 0.05) is 16.6 Å². The largest absolute Gasteiger partial charge is 0.271 e. The molecule has 0 amide bonds. The van der Waals surface area contributed by atoms with Gasteiger partial charge in [0.05, 0.1) is 11.6 Å². The predicted molar refractivity (Wildman–Crippen MR) is 87.1 cm³/mol. The second-order valence-electron chi connectivity index (χ2n) is 5.06. The van der Waals surface area contributed by atoms with Crippen LogP contribution in [0.3, 0.4) is 0 Å². The number of fused-ring (bicyclic) bond motifs is 1. The third-order valence-corrected chi connectivity index (χ3v) is 3.90. The first-order chi connectivity index (χ1) is 10.2. The minimum atomic E-state index is -0.138. The molecule has 1 unspecified atom stereocenters. The molecule has 0 radical (unpaired) electrons. The van der Waals surface area contributed by atoms with Crippen LogP contribution < -0.4 is 11.3 Å². The number of nitrogens with two attached hydrogens (primary N) is 1. The summed E-state index contributed by atoms with van der Waals surface area (Å²) < 4.78 is 0. The number of pyridine rings is 1. The van der Waals surface area contributed by atoms with E-state index in [2.05, 4.69) is 16.5 Å². The van der Waals surface area contributed by atoms with E-state index in [0.717, 1.165) is 27.6 Å². The highest BCUT2D eigenvalue weighted by Crippen LogP contribution is 2.28. The highest BCUT2D eigenvalue weighted by atomic mass is 35.5. The molecule has 0 saturated carbocycles. The average Bonchev–Trinajstić information content (AvgIpc) is 2.51. The van der Waals surface area contributed by atoms with Gasteiger partial charge in [0.25, 0.3) is 0 Å². The topological polar surface area (TPSA) is 50.9 Å². The van der Waals surface area contributed by atoms with E-state index in [1.807, 2.05) is 55.6 Å². The Balaban J connectivity index is 2.11. The van der Waals surface area contributed by atoms with Crippen LogP contribution in [0.5, 0.6) is 0 Å². The Labute approximate surface area is 128 Å².